The maximum absolute atomic E-state index is 12.7. The quantitative estimate of drug-likeness (QED) is 0.893. The molecule has 0 saturated heterocycles. The number of hydrogen-bond acceptors (Lipinski definition) is 4. The van der Waals surface area contributed by atoms with Crippen LogP contribution in [0.2, 0.25) is 0 Å². The number of aliphatic hydroxyl groups is 1. The molecule has 0 bridgehead atoms. The molecule has 2 aromatic rings. The highest BCUT2D eigenvalue weighted by Gasteiger charge is 2.28. The maximum Gasteiger partial charge on any atom is 0.254 e. The van der Waals surface area contributed by atoms with Gasteiger partial charge in [-0.25, -0.2) is 0 Å². The van der Waals surface area contributed by atoms with Gasteiger partial charge in [0.05, 0.1) is 24.5 Å². The summed E-state index contributed by atoms with van der Waals surface area (Å²) in [5.74, 6) is 0.0592. The minimum absolute atomic E-state index is 0.00919. The lowest BCUT2D eigenvalue weighted by molar-refractivity contribution is -0.132. The predicted octanol–water partition coefficient (Wildman–Crippen LogP) is 1.15. The number of aryl methyl sites for hydroxylation is 1. The van der Waals surface area contributed by atoms with Crippen molar-refractivity contribution in [1.29, 1.82) is 0 Å². The summed E-state index contributed by atoms with van der Waals surface area (Å²) in [7, 11) is 0. The molecule has 0 radical (unpaired) electrons. The standard InChI is InChI=1S/C19H22N4O3/c24-13-15-10-16-12-21(7-3-8-23(16)20-15)18(25)6-9-22-11-14-4-1-2-5-17(14)19(22)26/h1-2,4-5,10,24H,3,6-9,11-13H2. The van der Waals surface area contributed by atoms with Crippen molar-refractivity contribution in [2.24, 2.45) is 0 Å². The first-order valence-corrected chi connectivity index (χ1v) is 8.97. The number of fused-ring (bicyclic) bond motifs is 2. The van der Waals surface area contributed by atoms with Crippen molar-refractivity contribution in [3.63, 3.8) is 0 Å². The van der Waals surface area contributed by atoms with Gasteiger partial charge in [-0.05, 0) is 24.1 Å². The van der Waals surface area contributed by atoms with E-state index in [2.05, 4.69) is 5.10 Å². The Hall–Kier alpha value is -2.67. The number of aliphatic hydroxyl groups excluding tert-OH is 1. The van der Waals surface area contributed by atoms with Crippen molar-refractivity contribution in [2.45, 2.75) is 39.1 Å². The van der Waals surface area contributed by atoms with Crippen molar-refractivity contribution in [2.75, 3.05) is 13.1 Å². The molecule has 2 amide bonds. The van der Waals surface area contributed by atoms with Gasteiger partial charge in [0.25, 0.3) is 5.91 Å². The Labute approximate surface area is 151 Å². The number of aromatic nitrogens is 2. The summed E-state index contributed by atoms with van der Waals surface area (Å²) in [6.45, 7) is 2.86. The molecule has 2 aliphatic rings. The van der Waals surface area contributed by atoms with Crippen molar-refractivity contribution >= 4 is 11.8 Å². The molecular formula is C19H22N4O3. The monoisotopic (exact) mass is 354 g/mol. The molecule has 7 nitrogen and oxygen atoms in total. The fraction of sp³-hybridized carbons (Fsp3) is 0.421. The van der Waals surface area contributed by atoms with Crippen LogP contribution in [0.5, 0.6) is 0 Å². The van der Waals surface area contributed by atoms with Gasteiger partial charge in [-0.3, -0.25) is 14.3 Å². The molecule has 0 atom stereocenters. The third-order valence-corrected chi connectivity index (χ3v) is 5.07. The van der Waals surface area contributed by atoms with Crippen LogP contribution >= 0.6 is 0 Å². The predicted molar refractivity (Wildman–Crippen MR) is 94.0 cm³/mol. The molecule has 0 fully saturated rings. The lowest BCUT2D eigenvalue weighted by Crippen LogP contribution is -2.34. The smallest absolute Gasteiger partial charge is 0.254 e. The number of carbonyl (C=O) groups excluding carboxylic acids is 2. The first kappa shape index (κ1) is 16.8. The Morgan fingerprint density at radius 3 is 2.85 bits per heavy atom. The second-order valence-electron chi connectivity index (χ2n) is 6.81. The molecule has 136 valence electrons. The molecule has 0 saturated carbocycles. The average Bonchev–Trinajstić information content (AvgIpc) is 3.13. The number of nitrogens with zero attached hydrogens (tertiary/aromatic N) is 4. The third-order valence-electron chi connectivity index (χ3n) is 5.07. The van der Waals surface area contributed by atoms with Crippen LogP contribution in [0.4, 0.5) is 0 Å². The van der Waals surface area contributed by atoms with Gasteiger partial charge < -0.3 is 14.9 Å². The zero-order valence-corrected chi connectivity index (χ0v) is 14.6. The first-order valence-electron chi connectivity index (χ1n) is 8.97. The molecule has 2 aliphatic heterocycles. The SMILES string of the molecule is O=C(CCN1Cc2ccccc2C1=O)N1CCCn2nc(CO)cc2C1. The minimum Gasteiger partial charge on any atom is -0.390 e. The Bertz CT molecular complexity index is 845. The molecule has 1 N–H and O–H groups in total. The zero-order valence-electron chi connectivity index (χ0n) is 14.6. The van der Waals surface area contributed by atoms with E-state index in [1.807, 2.05) is 39.9 Å². The third kappa shape index (κ3) is 3.10. The fourth-order valence-electron chi connectivity index (χ4n) is 3.70. The van der Waals surface area contributed by atoms with Crippen LogP contribution in [0, 0.1) is 0 Å². The van der Waals surface area contributed by atoms with Crippen molar-refractivity contribution in [3.8, 4) is 0 Å². The summed E-state index contributed by atoms with van der Waals surface area (Å²) in [6.07, 6.45) is 1.15. The molecule has 26 heavy (non-hydrogen) atoms. The van der Waals surface area contributed by atoms with Crippen LogP contribution in [0.3, 0.4) is 0 Å². The summed E-state index contributed by atoms with van der Waals surface area (Å²) >= 11 is 0. The normalized spacial score (nSPS) is 16.4. The molecule has 0 spiro atoms. The van der Waals surface area contributed by atoms with Crippen LogP contribution in [-0.2, 0) is 31.0 Å². The van der Waals surface area contributed by atoms with E-state index >= 15 is 0 Å². The number of carbonyl (C=O) groups is 2. The van der Waals surface area contributed by atoms with Gasteiger partial charge in [0, 0.05) is 38.2 Å². The highest BCUT2D eigenvalue weighted by atomic mass is 16.3. The van der Waals surface area contributed by atoms with Crippen molar-refractivity contribution < 1.29 is 14.7 Å². The van der Waals surface area contributed by atoms with Crippen LogP contribution in [-0.4, -0.2) is 49.6 Å². The van der Waals surface area contributed by atoms with Crippen LogP contribution < -0.4 is 0 Å². The van der Waals surface area contributed by atoms with Gasteiger partial charge in [0.1, 0.15) is 0 Å². The topological polar surface area (TPSA) is 78.7 Å². The molecule has 1 aromatic heterocycles. The minimum atomic E-state index is -0.0917. The van der Waals surface area contributed by atoms with E-state index in [4.69, 9.17) is 0 Å². The van der Waals surface area contributed by atoms with Gasteiger partial charge in [0.15, 0.2) is 0 Å². The lowest BCUT2D eigenvalue weighted by atomic mass is 10.1. The largest absolute Gasteiger partial charge is 0.390 e. The molecule has 7 heteroatoms. The van der Waals surface area contributed by atoms with Gasteiger partial charge in [-0.2, -0.15) is 5.10 Å². The Morgan fingerprint density at radius 2 is 2.04 bits per heavy atom. The second-order valence-corrected chi connectivity index (χ2v) is 6.81. The zero-order chi connectivity index (χ0) is 18.1. The molecule has 4 rings (SSSR count). The average molecular weight is 354 g/mol. The number of amides is 2. The molecule has 3 heterocycles. The fourth-order valence-corrected chi connectivity index (χ4v) is 3.70. The molecule has 1 aromatic carbocycles. The lowest BCUT2D eigenvalue weighted by Gasteiger charge is -2.22. The van der Waals surface area contributed by atoms with Crippen LogP contribution in [0.15, 0.2) is 30.3 Å². The van der Waals surface area contributed by atoms with E-state index in [1.54, 1.807) is 4.90 Å². The van der Waals surface area contributed by atoms with Crippen LogP contribution in [0.1, 0.15) is 40.2 Å². The summed E-state index contributed by atoms with van der Waals surface area (Å²) in [5, 5.41) is 13.6. The maximum atomic E-state index is 12.7. The Balaban J connectivity index is 1.37. The summed E-state index contributed by atoms with van der Waals surface area (Å²) in [5.41, 5.74) is 3.36. The van der Waals surface area contributed by atoms with E-state index in [1.165, 1.54) is 0 Å². The van der Waals surface area contributed by atoms with Gasteiger partial charge >= 0.3 is 0 Å². The highest BCUT2D eigenvalue weighted by molar-refractivity contribution is 5.98. The second kappa shape index (κ2) is 6.92. The molecular weight excluding hydrogens is 332 g/mol. The van der Waals surface area contributed by atoms with E-state index in [-0.39, 0.29) is 18.4 Å². The number of benzene rings is 1. The Morgan fingerprint density at radius 1 is 1.19 bits per heavy atom. The van der Waals surface area contributed by atoms with Gasteiger partial charge in [-0.1, -0.05) is 18.2 Å². The van der Waals surface area contributed by atoms with Crippen molar-refractivity contribution in [3.05, 3.63) is 52.8 Å². The van der Waals surface area contributed by atoms with Gasteiger partial charge in [-0.15, -0.1) is 0 Å². The highest BCUT2D eigenvalue weighted by Crippen LogP contribution is 2.22. The molecule has 0 aliphatic carbocycles. The molecule has 0 unspecified atom stereocenters. The van der Waals surface area contributed by atoms with E-state index in [0.29, 0.717) is 38.3 Å². The summed E-state index contributed by atoms with van der Waals surface area (Å²) < 4.78 is 1.87. The first-order chi connectivity index (χ1) is 12.7. The number of rotatable bonds is 4. The van der Waals surface area contributed by atoms with E-state index < -0.39 is 0 Å². The van der Waals surface area contributed by atoms with E-state index in [0.717, 1.165) is 29.8 Å². The van der Waals surface area contributed by atoms with E-state index in [9.17, 15) is 14.7 Å². The van der Waals surface area contributed by atoms with Crippen molar-refractivity contribution in [1.82, 2.24) is 19.6 Å². The summed E-state index contributed by atoms with van der Waals surface area (Å²) in [4.78, 5) is 28.7. The summed E-state index contributed by atoms with van der Waals surface area (Å²) in [6, 6.07) is 9.46. The van der Waals surface area contributed by atoms with Crippen LogP contribution in [0.25, 0.3) is 0 Å². The number of hydrogen-bond donors (Lipinski definition) is 1. The van der Waals surface area contributed by atoms with Gasteiger partial charge in [0.2, 0.25) is 5.91 Å². The Kier molecular flexibility index (Phi) is 4.46.